The molecule has 0 saturated heterocycles. The third-order valence-electron chi connectivity index (χ3n) is 1.27. The second-order valence-corrected chi connectivity index (χ2v) is 4.29. The van der Waals surface area contributed by atoms with E-state index in [1.54, 1.807) is 0 Å². The van der Waals surface area contributed by atoms with Crippen LogP contribution in [0.3, 0.4) is 0 Å². The number of hydrogen-bond donors (Lipinski definition) is 0. The number of ether oxygens (including phenoxy) is 1. The monoisotopic (exact) mass is 296 g/mol. The fourth-order valence-electron chi connectivity index (χ4n) is 0.831. The van der Waals surface area contributed by atoms with Crippen LogP contribution < -0.4 is 4.74 Å². The van der Waals surface area contributed by atoms with Crippen molar-refractivity contribution in [3.63, 3.8) is 0 Å². The standard InChI is InChI=1S/C9H10ClIO/c1-6(2)12-9-7(10)4-3-5-8(9)11/h3-6H,1-2H3. The van der Waals surface area contributed by atoms with Gasteiger partial charge >= 0.3 is 0 Å². The lowest BCUT2D eigenvalue weighted by Crippen LogP contribution is -2.06. The Bertz CT molecular complexity index is 253. The Hall–Kier alpha value is 0.0400. The van der Waals surface area contributed by atoms with Crippen molar-refractivity contribution in [2.45, 2.75) is 20.0 Å². The number of benzene rings is 1. The average Bonchev–Trinajstić information content (AvgIpc) is 1.97. The molecule has 1 aromatic carbocycles. The van der Waals surface area contributed by atoms with E-state index in [9.17, 15) is 0 Å². The maximum atomic E-state index is 5.94. The molecule has 3 heteroatoms. The molecule has 1 aromatic rings. The molecule has 1 rings (SSSR count). The Morgan fingerprint density at radius 2 is 2.08 bits per heavy atom. The first-order valence-corrected chi connectivity index (χ1v) is 5.17. The van der Waals surface area contributed by atoms with Crippen molar-refractivity contribution in [3.8, 4) is 5.75 Å². The molecule has 0 aliphatic heterocycles. The van der Waals surface area contributed by atoms with Crippen LogP contribution in [-0.2, 0) is 0 Å². The maximum Gasteiger partial charge on any atom is 0.151 e. The van der Waals surface area contributed by atoms with Crippen LogP contribution in [0.4, 0.5) is 0 Å². The highest BCUT2D eigenvalue weighted by molar-refractivity contribution is 14.1. The summed E-state index contributed by atoms with van der Waals surface area (Å²) in [6.07, 6.45) is 0.165. The van der Waals surface area contributed by atoms with Gasteiger partial charge in [0.25, 0.3) is 0 Å². The van der Waals surface area contributed by atoms with Gasteiger partial charge in [-0.2, -0.15) is 0 Å². The summed E-state index contributed by atoms with van der Waals surface area (Å²) in [7, 11) is 0. The number of halogens is 2. The van der Waals surface area contributed by atoms with Gasteiger partial charge in [-0.25, -0.2) is 0 Å². The van der Waals surface area contributed by atoms with E-state index in [4.69, 9.17) is 16.3 Å². The first-order valence-electron chi connectivity index (χ1n) is 3.72. The van der Waals surface area contributed by atoms with Gasteiger partial charge in [0.05, 0.1) is 14.7 Å². The van der Waals surface area contributed by atoms with E-state index >= 15 is 0 Å². The molecule has 0 fully saturated rings. The second-order valence-electron chi connectivity index (χ2n) is 2.72. The largest absolute Gasteiger partial charge is 0.488 e. The molecular weight excluding hydrogens is 286 g/mol. The minimum absolute atomic E-state index is 0.165. The highest BCUT2D eigenvalue weighted by Crippen LogP contribution is 2.30. The van der Waals surface area contributed by atoms with Gasteiger partial charge in [-0.15, -0.1) is 0 Å². The summed E-state index contributed by atoms with van der Waals surface area (Å²) in [5, 5.41) is 0.676. The zero-order valence-electron chi connectivity index (χ0n) is 6.97. The first kappa shape index (κ1) is 10.1. The lowest BCUT2D eigenvalue weighted by atomic mass is 10.3. The summed E-state index contributed by atoms with van der Waals surface area (Å²) >= 11 is 8.15. The predicted molar refractivity (Wildman–Crippen MR) is 59.9 cm³/mol. The van der Waals surface area contributed by atoms with Crippen molar-refractivity contribution in [2.24, 2.45) is 0 Å². The van der Waals surface area contributed by atoms with Gasteiger partial charge in [-0.05, 0) is 48.6 Å². The fraction of sp³-hybridized carbons (Fsp3) is 0.333. The van der Waals surface area contributed by atoms with E-state index in [0.717, 1.165) is 9.32 Å². The Morgan fingerprint density at radius 1 is 1.42 bits per heavy atom. The quantitative estimate of drug-likeness (QED) is 0.756. The third kappa shape index (κ3) is 2.52. The Labute approximate surface area is 91.2 Å². The van der Waals surface area contributed by atoms with Crippen LogP contribution in [0.5, 0.6) is 5.75 Å². The molecule has 0 aliphatic rings. The molecule has 0 radical (unpaired) electrons. The van der Waals surface area contributed by atoms with Crippen molar-refractivity contribution in [1.29, 1.82) is 0 Å². The molecule has 0 bridgehead atoms. The normalized spacial score (nSPS) is 10.4. The summed E-state index contributed by atoms with van der Waals surface area (Å²) < 4.78 is 6.59. The van der Waals surface area contributed by atoms with Crippen LogP contribution in [0.2, 0.25) is 5.02 Å². The summed E-state index contributed by atoms with van der Waals surface area (Å²) in [6.45, 7) is 3.97. The first-order chi connectivity index (χ1) is 5.61. The summed E-state index contributed by atoms with van der Waals surface area (Å²) in [5.74, 6) is 0.787. The summed E-state index contributed by atoms with van der Waals surface area (Å²) in [5.41, 5.74) is 0. The van der Waals surface area contributed by atoms with Crippen LogP contribution in [0.15, 0.2) is 18.2 Å². The van der Waals surface area contributed by atoms with E-state index in [1.807, 2.05) is 32.0 Å². The molecule has 0 atom stereocenters. The van der Waals surface area contributed by atoms with Crippen LogP contribution >= 0.6 is 34.2 Å². The van der Waals surface area contributed by atoms with Gasteiger partial charge in [-0.3, -0.25) is 0 Å². The Kier molecular flexibility index (Phi) is 3.65. The number of para-hydroxylation sites is 1. The van der Waals surface area contributed by atoms with Crippen molar-refractivity contribution < 1.29 is 4.74 Å². The highest BCUT2D eigenvalue weighted by atomic mass is 127. The van der Waals surface area contributed by atoms with Crippen molar-refractivity contribution in [3.05, 3.63) is 26.8 Å². The van der Waals surface area contributed by atoms with E-state index in [1.165, 1.54) is 0 Å². The molecule has 0 saturated carbocycles. The number of hydrogen-bond acceptors (Lipinski definition) is 1. The fourth-order valence-corrected chi connectivity index (χ4v) is 1.83. The van der Waals surface area contributed by atoms with Crippen molar-refractivity contribution >= 4 is 34.2 Å². The molecule has 0 amide bonds. The molecule has 0 spiro atoms. The van der Waals surface area contributed by atoms with Gasteiger partial charge in [-0.1, -0.05) is 17.7 Å². The molecule has 0 N–H and O–H groups in total. The summed E-state index contributed by atoms with van der Waals surface area (Å²) in [6, 6.07) is 5.73. The highest BCUT2D eigenvalue weighted by Gasteiger charge is 2.06. The van der Waals surface area contributed by atoms with Gasteiger partial charge in [0, 0.05) is 0 Å². The smallest absolute Gasteiger partial charge is 0.151 e. The molecule has 0 heterocycles. The second kappa shape index (κ2) is 4.33. The van der Waals surface area contributed by atoms with E-state index < -0.39 is 0 Å². The number of rotatable bonds is 2. The molecular formula is C9H10ClIO. The Balaban J connectivity index is 2.96. The van der Waals surface area contributed by atoms with Crippen LogP contribution in [0.1, 0.15) is 13.8 Å². The maximum absolute atomic E-state index is 5.94. The van der Waals surface area contributed by atoms with Crippen LogP contribution in [0.25, 0.3) is 0 Å². The SMILES string of the molecule is CC(C)Oc1c(Cl)cccc1I. The van der Waals surface area contributed by atoms with Gasteiger partial charge in [0.2, 0.25) is 0 Å². The lowest BCUT2D eigenvalue weighted by molar-refractivity contribution is 0.241. The van der Waals surface area contributed by atoms with Gasteiger partial charge in [0.15, 0.2) is 5.75 Å². The zero-order valence-corrected chi connectivity index (χ0v) is 9.89. The predicted octanol–water partition coefficient (Wildman–Crippen LogP) is 3.73. The van der Waals surface area contributed by atoms with Crippen LogP contribution in [-0.4, -0.2) is 6.10 Å². The topological polar surface area (TPSA) is 9.23 Å². The molecule has 1 nitrogen and oxygen atoms in total. The molecule has 0 aliphatic carbocycles. The Morgan fingerprint density at radius 3 is 2.58 bits per heavy atom. The van der Waals surface area contributed by atoms with Gasteiger partial charge < -0.3 is 4.74 Å². The van der Waals surface area contributed by atoms with Gasteiger partial charge in [0.1, 0.15) is 0 Å². The third-order valence-corrected chi connectivity index (χ3v) is 2.42. The van der Waals surface area contributed by atoms with Crippen molar-refractivity contribution in [1.82, 2.24) is 0 Å². The van der Waals surface area contributed by atoms with Crippen LogP contribution in [0, 0.1) is 3.57 Å². The molecule has 0 aromatic heterocycles. The lowest BCUT2D eigenvalue weighted by Gasteiger charge is -2.12. The molecule has 12 heavy (non-hydrogen) atoms. The van der Waals surface area contributed by atoms with E-state index in [0.29, 0.717) is 5.02 Å². The van der Waals surface area contributed by atoms with Crippen molar-refractivity contribution in [2.75, 3.05) is 0 Å². The molecule has 0 unspecified atom stereocenters. The van der Waals surface area contributed by atoms with E-state index in [-0.39, 0.29) is 6.10 Å². The minimum atomic E-state index is 0.165. The van der Waals surface area contributed by atoms with E-state index in [2.05, 4.69) is 22.6 Å². The minimum Gasteiger partial charge on any atom is -0.488 e. The molecule has 66 valence electrons. The summed E-state index contributed by atoms with van der Waals surface area (Å²) in [4.78, 5) is 0. The average molecular weight is 297 g/mol. The zero-order chi connectivity index (χ0) is 9.14.